The van der Waals surface area contributed by atoms with E-state index >= 15 is 0 Å². The van der Waals surface area contributed by atoms with Gasteiger partial charge >= 0.3 is 0 Å². The van der Waals surface area contributed by atoms with Crippen LogP contribution in [0.25, 0.3) is 20.1 Å². The van der Waals surface area contributed by atoms with E-state index in [0.717, 1.165) is 46.2 Å². The van der Waals surface area contributed by atoms with Gasteiger partial charge < -0.3 is 4.90 Å². The van der Waals surface area contributed by atoms with E-state index in [1.807, 2.05) is 28.5 Å². The minimum atomic E-state index is 0.109. The Morgan fingerprint density at radius 2 is 1.93 bits per heavy atom. The molecule has 0 aliphatic carbocycles. The van der Waals surface area contributed by atoms with Crippen LogP contribution in [0.4, 0.5) is 0 Å². The summed E-state index contributed by atoms with van der Waals surface area (Å²) in [5.41, 5.74) is 1.08. The molecule has 0 atom stereocenters. The molecule has 5 rings (SSSR count). The normalized spacial score (nSPS) is 15.5. The Hall–Kier alpha value is -2.09. The molecular formula is C20H17N3OS3. The standard InChI is InChI=1S/C20H17N3OS3/c24-20(17-12-21-19(27-17)16-6-3-11-25-16)23-9-7-13(8-10-23)18-22-14-4-1-2-5-15(14)26-18/h1-6,11-13H,7-10H2. The highest BCUT2D eigenvalue weighted by molar-refractivity contribution is 7.22. The van der Waals surface area contributed by atoms with Crippen molar-refractivity contribution < 1.29 is 4.79 Å². The van der Waals surface area contributed by atoms with Crippen LogP contribution in [0.2, 0.25) is 0 Å². The van der Waals surface area contributed by atoms with Crippen molar-refractivity contribution in [3.8, 4) is 9.88 Å². The molecule has 0 N–H and O–H groups in total. The second kappa shape index (κ2) is 7.14. The summed E-state index contributed by atoms with van der Waals surface area (Å²) in [6, 6.07) is 12.3. The summed E-state index contributed by atoms with van der Waals surface area (Å²) in [6.45, 7) is 1.57. The molecule has 0 saturated carbocycles. The van der Waals surface area contributed by atoms with Crippen LogP contribution in [0, 0.1) is 0 Å². The smallest absolute Gasteiger partial charge is 0.265 e. The molecule has 1 aliphatic heterocycles. The van der Waals surface area contributed by atoms with Gasteiger partial charge in [-0.3, -0.25) is 4.79 Å². The van der Waals surface area contributed by atoms with E-state index < -0.39 is 0 Å². The predicted octanol–water partition coefficient (Wildman–Crippen LogP) is 5.50. The van der Waals surface area contributed by atoms with Crippen LogP contribution in [0.15, 0.2) is 48.0 Å². The van der Waals surface area contributed by atoms with E-state index in [4.69, 9.17) is 4.98 Å². The molecule has 7 heteroatoms. The number of carbonyl (C=O) groups excluding carboxylic acids is 1. The summed E-state index contributed by atoms with van der Waals surface area (Å²) in [4.78, 5) is 25.9. The second-order valence-corrected chi connectivity index (χ2v) is 9.63. The zero-order chi connectivity index (χ0) is 18.2. The molecule has 27 heavy (non-hydrogen) atoms. The lowest BCUT2D eigenvalue weighted by molar-refractivity contribution is 0.0717. The summed E-state index contributed by atoms with van der Waals surface area (Å²) in [6.07, 6.45) is 3.67. The van der Waals surface area contributed by atoms with E-state index in [1.54, 1.807) is 28.9 Å². The van der Waals surface area contributed by atoms with Crippen molar-refractivity contribution in [2.24, 2.45) is 0 Å². The fourth-order valence-corrected chi connectivity index (χ4v) is 6.26. The first-order chi connectivity index (χ1) is 13.3. The second-order valence-electron chi connectivity index (χ2n) is 6.59. The van der Waals surface area contributed by atoms with Crippen molar-refractivity contribution in [2.75, 3.05) is 13.1 Å². The summed E-state index contributed by atoms with van der Waals surface area (Å²) < 4.78 is 1.25. The molecule has 4 heterocycles. The molecule has 4 nitrogen and oxygen atoms in total. The van der Waals surface area contributed by atoms with Gasteiger partial charge in [0.05, 0.1) is 26.3 Å². The predicted molar refractivity (Wildman–Crippen MR) is 113 cm³/mol. The fraction of sp³-hybridized carbons (Fsp3) is 0.250. The van der Waals surface area contributed by atoms with Gasteiger partial charge in [0.1, 0.15) is 9.88 Å². The molecule has 1 aromatic carbocycles. The number of fused-ring (bicyclic) bond motifs is 1. The average molecular weight is 412 g/mol. The highest BCUT2D eigenvalue weighted by atomic mass is 32.1. The van der Waals surface area contributed by atoms with Crippen molar-refractivity contribution in [3.63, 3.8) is 0 Å². The zero-order valence-corrected chi connectivity index (χ0v) is 16.9. The molecule has 1 fully saturated rings. The number of rotatable bonds is 3. The third-order valence-corrected chi connectivity index (χ3v) is 8.11. The number of hydrogen-bond acceptors (Lipinski definition) is 6. The number of hydrogen-bond donors (Lipinski definition) is 0. The Bertz CT molecular complexity index is 1040. The fourth-order valence-electron chi connectivity index (χ4n) is 3.44. The van der Waals surface area contributed by atoms with Crippen LogP contribution in [0.5, 0.6) is 0 Å². The first-order valence-corrected chi connectivity index (χ1v) is 11.4. The number of benzene rings is 1. The number of nitrogens with zero attached hydrogens (tertiary/aromatic N) is 3. The van der Waals surface area contributed by atoms with Gasteiger partial charge in [-0.05, 0) is 36.4 Å². The van der Waals surface area contributed by atoms with Gasteiger partial charge in [-0.1, -0.05) is 18.2 Å². The Morgan fingerprint density at radius 1 is 1.07 bits per heavy atom. The van der Waals surface area contributed by atoms with Gasteiger partial charge in [0.2, 0.25) is 0 Å². The first-order valence-electron chi connectivity index (χ1n) is 8.92. The molecule has 3 aromatic heterocycles. The van der Waals surface area contributed by atoms with Crippen molar-refractivity contribution in [1.82, 2.24) is 14.9 Å². The molecule has 1 saturated heterocycles. The van der Waals surface area contributed by atoms with Crippen molar-refractivity contribution >= 4 is 50.1 Å². The number of para-hydroxylation sites is 1. The maximum absolute atomic E-state index is 12.9. The summed E-state index contributed by atoms with van der Waals surface area (Å²) >= 11 is 4.93. The number of thiophene rings is 1. The lowest BCUT2D eigenvalue weighted by Crippen LogP contribution is -2.37. The maximum Gasteiger partial charge on any atom is 0.265 e. The van der Waals surface area contributed by atoms with E-state index in [-0.39, 0.29) is 5.91 Å². The van der Waals surface area contributed by atoms with Crippen LogP contribution >= 0.6 is 34.0 Å². The summed E-state index contributed by atoms with van der Waals surface area (Å²) in [5.74, 6) is 0.563. The Labute approximate surface area is 169 Å². The summed E-state index contributed by atoms with van der Waals surface area (Å²) in [7, 11) is 0. The molecular weight excluding hydrogens is 394 g/mol. The van der Waals surface area contributed by atoms with E-state index in [2.05, 4.69) is 23.2 Å². The largest absolute Gasteiger partial charge is 0.338 e. The minimum absolute atomic E-state index is 0.109. The van der Waals surface area contributed by atoms with Gasteiger partial charge in [0.25, 0.3) is 5.91 Å². The molecule has 0 radical (unpaired) electrons. The molecule has 0 unspecified atom stereocenters. The average Bonchev–Trinajstić information content (AvgIpc) is 3.47. The minimum Gasteiger partial charge on any atom is -0.338 e. The topological polar surface area (TPSA) is 46.1 Å². The third kappa shape index (κ3) is 3.31. The van der Waals surface area contributed by atoms with Gasteiger partial charge in [-0.2, -0.15) is 0 Å². The molecule has 136 valence electrons. The van der Waals surface area contributed by atoms with Gasteiger partial charge in [-0.15, -0.1) is 34.0 Å². The SMILES string of the molecule is O=C(c1cnc(-c2cccs2)s1)N1CCC(c2nc3ccccc3s2)CC1. The van der Waals surface area contributed by atoms with Crippen LogP contribution < -0.4 is 0 Å². The van der Waals surface area contributed by atoms with Crippen molar-refractivity contribution in [3.05, 3.63) is 57.9 Å². The van der Waals surface area contributed by atoms with Crippen LogP contribution in [-0.4, -0.2) is 33.9 Å². The van der Waals surface area contributed by atoms with Crippen LogP contribution in [0.1, 0.15) is 33.4 Å². The quantitative estimate of drug-likeness (QED) is 0.447. The number of likely N-dealkylation sites (tertiary alicyclic amines) is 1. The number of aromatic nitrogens is 2. The van der Waals surface area contributed by atoms with Crippen molar-refractivity contribution in [2.45, 2.75) is 18.8 Å². The zero-order valence-electron chi connectivity index (χ0n) is 14.5. The molecule has 1 aliphatic rings. The Balaban J connectivity index is 1.26. The van der Waals surface area contributed by atoms with E-state index in [0.29, 0.717) is 5.92 Å². The first kappa shape index (κ1) is 17.0. The maximum atomic E-state index is 12.9. The van der Waals surface area contributed by atoms with Crippen LogP contribution in [0.3, 0.4) is 0 Å². The van der Waals surface area contributed by atoms with E-state index in [9.17, 15) is 4.79 Å². The number of carbonyl (C=O) groups is 1. The Kier molecular flexibility index (Phi) is 4.51. The van der Waals surface area contributed by atoms with Gasteiger partial charge in [0.15, 0.2) is 0 Å². The highest BCUT2D eigenvalue weighted by Gasteiger charge is 2.27. The monoisotopic (exact) mass is 411 g/mol. The molecule has 4 aromatic rings. The number of piperidine rings is 1. The van der Waals surface area contributed by atoms with Crippen molar-refractivity contribution in [1.29, 1.82) is 0 Å². The molecule has 0 spiro atoms. The number of thiazole rings is 2. The Morgan fingerprint density at radius 3 is 2.70 bits per heavy atom. The summed E-state index contributed by atoms with van der Waals surface area (Å²) in [5, 5.41) is 4.17. The molecule has 1 amide bonds. The lowest BCUT2D eigenvalue weighted by Gasteiger charge is -2.30. The van der Waals surface area contributed by atoms with Crippen LogP contribution in [-0.2, 0) is 0 Å². The lowest BCUT2D eigenvalue weighted by atomic mass is 9.97. The van der Waals surface area contributed by atoms with E-state index in [1.165, 1.54) is 21.0 Å². The van der Waals surface area contributed by atoms with Gasteiger partial charge in [0, 0.05) is 19.0 Å². The third-order valence-electron chi connectivity index (χ3n) is 4.89. The number of amides is 1. The molecule has 0 bridgehead atoms. The highest BCUT2D eigenvalue weighted by Crippen LogP contribution is 2.35. The van der Waals surface area contributed by atoms with Gasteiger partial charge in [-0.25, -0.2) is 9.97 Å².